The predicted octanol–water partition coefficient (Wildman–Crippen LogP) is 3.93. The van der Waals surface area contributed by atoms with Gasteiger partial charge in [0.2, 0.25) is 0 Å². The number of benzene rings is 2. The Morgan fingerprint density at radius 1 is 0.621 bits per heavy atom. The molecular formula is C40H56N12O6. The third-order valence-electron chi connectivity index (χ3n) is 10.9. The van der Waals surface area contributed by atoms with Crippen LogP contribution in [-0.2, 0) is 18.9 Å². The van der Waals surface area contributed by atoms with Crippen molar-refractivity contribution < 1.29 is 28.5 Å². The third-order valence-corrected chi connectivity index (χ3v) is 10.9. The van der Waals surface area contributed by atoms with E-state index in [4.69, 9.17) is 18.9 Å². The summed E-state index contributed by atoms with van der Waals surface area (Å²) < 4.78 is 26.9. The van der Waals surface area contributed by atoms with E-state index in [0.717, 1.165) is 59.8 Å². The average molecular weight is 801 g/mol. The minimum Gasteiger partial charge on any atom is -0.444 e. The lowest BCUT2D eigenvalue weighted by Gasteiger charge is -2.46. The number of aromatic nitrogens is 8. The van der Waals surface area contributed by atoms with Crippen LogP contribution >= 0.6 is 0 Å². The number of rotatable bonds is 4. The van der Waals surface area contributed by atoms with Crippen LogP contribution in [-0.4, -0.2) is 161 Å². The summed E-state index contributed by atoms with van der Waals surface area (Å²) in [6, 6.07) is 12.6. The Balaban J connectivity index is 0.000000177. The first-order valence-corrected chi connectivity index (χ1v) is 20.0. The van der Waals surface area contributed by atoms with Gasteiger partial charge in [-0.3, -0.25) is 9.80 Å². The summed E-state index contributed by atoms with van der Waals surface area (Å²) in [7, 11) is 0. The summed E-state index contributed by atoms with van der Waals surface area (Å²) in [5, 5.41) is 22.9. The number of tetrazole rings is 2. The molecule has 4 aromatic rings. The van der Waals surface area contributed by atoms with Gasteiger partial charge in [-0.1, -0.05) is 24.3 Å². The minimum atomic E-state index is -0.482. The number of ether oxygens (including phenoxy) is 4. The zero-order valence-electron chi connectivity index (χ0n) is 34.8. The second kappa shape index (κ2) is 17.1. The molecular weight excluding hydrogens is 745 g/mol. The molecule has 18 nitrogen and oxygen atoms in total. The predicted molar refractivity (Wildman–Crippen MR) is 212 cm³/mol. The van der Waals surface area contributed by atoms with Crippen LogP contribution in [0.4, 0.5) is 9.59 Å². The van der Waals surface area contributed by atoms with Crippen LogP contribution in [0.3, 0.4) is 0 Å². The average Bonchev–Trinajstić information content (AvgIpc) is 3.92. The van der Waals surface area contributed by atoms with E-state index in [1.54, 1.807) is 31.8 Å². The number of piperazine rings is 2. The van der Waals surface area contributed by atoms with Crippen LogP contribution in [0.2, 0.25) is 0 Å². The molecule has 4 aliphatic heterocycles. The molecule has 4 saturated heterocycles. The lowest BCUT2D eigenvalue weighted by molar-refractivity contribution is -0.0910. The quantitative estimate of drug-likeness (QED) is 0.291. The molecule has 2 aromatic carbocycles. The van der Waals surface area contributed by atoms with Crippen LogP contribution in [0.25, 0.3) is 11.4 Å². The van der Waals surface area contributed by atoms with Crippen molar-refractivity contribution in [2.45, 2.75) is 90.9 Å². The lowest BCUT2D eigenvalue weighted by atomic mass is 9.98. The maximum Gasteiger partial charge on any atom is 0.410 e. The largest absolute Gasteiger partial charge is 0.444 e. The Labute approximate surface area is 339 Å². The SMILES string of the molecule is Cc1c([C@@H]2CN3CCN(C(=O)OC(C)(C)C)C[C@H]3CO2)cccc1-n1cnnn1.Cc1c([C@H]2CN3CCN(C(=O)OC(C)(C)C)C[C@H]3CO2)cccc1-n1cnnn1. The van der Waals surface area contributed by atoms with E-state index >= 15 is 0 Å². The Hall–Kier alpha value is -5.04. The van der Waals surface area contributed by atoms with E-state index in [0.29, 0.717) is 39.4 Å². The van der Waals surface area contributed by atoms with Crippen LogP contribution in [0.1, 0.15) is 76.0 Å². The maximum absolute atomic E-state index is 12.4. The van der Waals surface area contributed by atoms with Crippen molar-refractivity contribution in [2.75, 3.05) is 65.6 Å². The van der Waals surface area contributed by atoms with E-state index in [1.165, 1.54) is 0 Å². The standard InChI is InChI=1S/2C20H28N6O3/c2*1-14-16(6-5-7-17(14)26-13-21-22-23-26)18-11-24-8-9-25(10-15(24)12-28-18)19(27)29-20(2,3)4/h2*5-7,13,15,18H,8-12H2,1-4H3/t15-,18+;15-,18-/m00/s1. The molecule has 8 rings (SSSR count). The van der Waals surface area contributed by atoms with Crippen molar-refractivity contribution in [1.82, 2.24) is 60.0 Å². The normalized spacial score (nSPS) is 23.0. The van der Waals surface area contributed by atoms with Crippen LogP contribution in [0.5, 0.6) is 0 Å². The summed E-state index contributed by atoms with van der Waals surface area (Å²) >= 11 is 0. The fourth-order valence-electron chi connectivity index (χ4n) is 7.95. The zero-order valence-corrected chi connectivity index (χ0v) is 34.8. The highest BCUT2D eigenvalue weighted by molar-refractivity contribution is 5.69. The highest BCUT2D eigenvalue weighted by atomic mass is 16.6. The van der Waals surface area contributed by atoms with Gasteiger partial charge in [-0.05, 0) is 111 Å². The maximum atomic E-state index is 12.4. The van der Waals surface area contributed by atoms with Crippen molar-refractivity contribution in [1.29, 1.82) is 0 Å². The van der Waals surface area contributed by atoms with Gasteiger partial charge in [-0.15, -0.1) is 10.2 Å². The summed E-state index contributed by atoms with van der Waals surface area (Å²) in [5.41, 5.74) is 5.44. The molecule has 18 heteroatoms. The topological polar surface area (TPSA) is 171 Å². The first-order valence-electron chi connectivity index (χ1n) is 20.0. The molecule has 0 unspecified atom stereocenters. The lowest BCUT2D eigenvalue weighted by Crippen LogP contribution is -2.60. The number of morpholine rings is 2. The molecule has 0 saturated carbocycles. The minimum absolute atomic E-state index is 0.0178. The summed E-state index contributed by atoms with van der Waals surface area (Å²) in [6.07, 6.45) is 2.67. The highest BCUT2D eigenvalue weighted by Gasteiger charge is 2.39. The van der Waals surface area contributed by atoms with E-state index in [2.05, 4.69) is 66.8 Å². The fourth-order valence-corrected chi connectivity index (χ4v) is 7.95. The van der Waals surface area contributed by atoms with Gasteiger partial charge in [0, 0.05) is 52.4 Å². The molecule has 0 spiro atoms. The number of hydrogen-bond acceptors (Lipinski definition) is 14. The number of fused-ring (bicyclic) bond motifs is 2. The summed E-state index contributed by atoms with van der Waals surface area (Å²) in [4.78, 5) is 33.2. The Kier molecular flexibility index (Phi) is 12.1. The van der Waals surface area contributed by atoms with E-state index in [1.807, 2.05) is 65.8 Å². The van der Waals surface area contributed by atoms with Crippen molar-refractivity contribution in [3.8, 4) is 11.4 Å². The molecule has 0 N–H and O–H groups in total. The van der Waals surface area contributed by atoms with Gasteiger partial charge in [-0.2, -0.15) is 0 Å². The Bertz CT molecular complexity index is 1870. The third kappa shape index (κ3) is 9.62. The van der Waals surface area contributed by atoms with Gasteiger partial charge in [0.1, 0.15) is 23.9 Å². The van der Waals surface area contributed by atoms with Crippen molar-refractivity contribution in [2.24, 2.45) is 0 Å². The van der Waals surface area contributed by atoms with E-state index in [9.17, 15) is 9.59 Å². The van der Waals surface area contributed by atoms with Crippen LogP contribution < -0.4 is 0 Å². The van der Waals surface area contributed by atoms with E-state index < -0.39 is 11.2 Å². The van der Waals surface area contributed by atoms with Gasteiger partial charge in [0.05, 0.1) is 48.9 Å². The second-order valence-corrected chi connectivity index (χ2v) is 17.3. The smallest absolute Gasteiger partial charge is 0.410 e. The van der Waals surface area contributed by atoms with Crippen LogP contribution in [0, 0.1) is 13.8 Å². The Morgan fingerprint density at radius 2 is 1.03 bits per heavy atom. The van der Waals surface area contributed by atoms with Crippen molar-refractivity contribution >= 4 is 12.2 Å². The summed E-state index contributed by atoms with van der Waals surface area (Å²) in [6.45, 7) is 22.5. The fraction of sp³-hybridized carbons (Fsp3) is 0.600. The van der Waals surface area contributed by atoms with Gasteiger partial charge < -0.3 is 28.7 Å². The monoisotopic (exact) mass is 800 g/mol. The van der Waals surface area contributed by atoms with Crippen molar-refractivity contribution in [3.05, 3.63) is 71.3 Å². The molecule has 58 heavy (non-hydrogen) atoms. The molecule has 0 radical (unpaired) electrons. The highest BCUT2D eigenvalue weighted by Crippen LogP contribution is 2.33. The molecule has 2 amide bonds. The number of hydrogen-bond donors (Lipinski definition) is 0. The molecule has 0 bridgehead atoms. The number of carbonyl (C=O) groups excluding carboxylic acids is 2. The zero-order chi connectivity index (χ0) is 41.2. The van der Waals surface area contributed by atoms with E-state index in [-0.39, 0.29) is 36.5 Å². The molecule has 4 fully saturated rings. The molecule has 2 aromatic heterocycles. The second-order valence-electron chi connectivity index (χ2n) is 17.3. The van der Waals surface area contributed by atoms with Crippen molar-refractivity contribution in [3.63, 3.8) is 0 Å². The first kappa shape index (κ1) is 41.1. The molecule has 0 aliphatic carbocycles. The number of nitrogens with zero attached hydrogens (tertiary/aromatic N) is 12. The van der Waals surface area contributed by atoms with Gasteiger partial charge in [0.25, 0.3) is 0 Å². The number of amides is 2. The number of carbonyl (C=O) groups is 2. The molecule has 4 atom stereocenters. The Morgan fingerprint density at radius 3 is 1.40 bits per heavy atom. The molecule has 6 heterocycles. The molecule has 4 aliphatic rings. The first-order chi connectivity index (χ1) is 27.6. The van der Waals surface area contributed by atoms with Gasteiger partial charge in [0.15, 0.2) is 0 Å². The van der Waals surface area contributed by atoms with Crippen LogP contribution in [0.15, 0.2) is 49.1 Å². The van der Waals surface area contributed by atoms with Gasteiger partial charge in [-0.25, -0.2) is 19.0 Å². The van der Waals surface area contributed by atoms with Gasteiger partial charge >= 0.3 is 12.2 Å². The molecule has 312 valence electrons. The summed E-state index contributed by atoms with van der Waals surface area (Å²) in [5.74, 6) is 0.